The number of hydrogen-bond acceptors (Lipinski definition) is 5. The molecule has 0 aliphatic carbocycles. The minimum absolute atomic E-state index is 0.0721. The summed E-state index contributed by atoms with van der Waals surface area (Å²) in [6.07, 6.45) is 3.89. The minimum atomic E-state index is -0.557. The molecule has 0 fully saturated rings. The van der Waals surface area contributed by atoms with E-state index in [1.807, 2.05) is 32.1 Å². The Balaban J connectivity index is 2.53. The van der Waals surface area contributed by atoms with E-state index in [0.29, 0.717) is 5.90 Å². The van der Waals surface area contributed by atoms with E-state index in [9.17, 15) is 5.11 Å². The molecule has 1 aliphatic rings. The molecule has 1 N–H and O–H groups in total. The SMILES string of the molecule is COC1=NC=CCC1C(O)N(C)CCN(C)C. The van der Waals surface area contributed by atoms with Crippen LogP contribution in [-0.4, -0.2) is 68.4 Å². The third kappa shape index (κ3) is 4.11. The van der Waals surface area contributed by atoms with E-state index in [1.165, 1.54) is 0 Å². The van der Waals surface area contributed by atoms with E-state index in [4.69, 9.17) is 4.74 Å². The Bertz CT molecular complexity index is 289. The average molecular weight is 241 g/mol. The topological polar surface area (TPSA) is 48.3 Å². The van der Waals surface area contributed by atoms with Crippen LogP contribution in [0.3, 0.4) is 0 Å². The van der Waals surface area contributed by atoms with Crippen molar-refractivity contribution in [2.45, 2.75) is 12.6 Å². The Kier molecular flexibility index (Phi) is 5.61. The van der Waals surface area contributed by atoms with Gasteiger partial charge in [-0.1, -0.05) is 6.08 Å². The van der Waals surface area contributed by atoms with Gasteiger partial charge >= 0.3 is 0 Å². The minimum Gasteiger partial charge on any atom is -0.484 e. The Morgan fingerprint density at radius 2 is 2.18 bits per heavy atom. The van der Waals surface area contributed by atoms with Gasteiger partial charge in [0.25, 0.3) is 0 Å². The molecule has 0 radical (unpaired) electrons. The van der Waals surface area contributed by atoms with Crippen LogP contribution in [0.1, 0.15) is 6.42 Å². The van der Waals surface area contributed by atoms with Crippen LogP contribution in [0.5, 0.6) is 0 Å². The fourth-order valence-corrected chi connectivity index (χ4v) is 1.78. The number of allylic oxidation sites excluding steroid dienone is 1. The van der Waals surface area contributed by atoms with Gasteiger partial charge in [-0.05, 0) is 27.6 Å². The Morgan fingerprint density at radius 3 is 2.76 bits per heavy atom. The second-order valence-electron chi connectivity index (χ2n) is 4.60. The van der Waals surface area contributed by atoms with E-state index >= 15 is 0 Å². The van der Waals surface area contributed by atoms with E-state index in [0.717, 1.165) is 19.5 Å². The summed E-state index contributed by atoms with van der Waals surface area (Å²) in [7, 11) is 7.55. The lowest BCUT2D eigenvalue weighted by molar-refractivity contribution is -0.0116. The van der Waals surface area contributed by atoms with E-state index < -0.39 is 6.23 Å². The zero-order valence-corrected chi connectivity index (χ0v) is 11.1. The van der Waals surface area contributed by atoms with Crippen molar-refractivity contribution in [2.75, 3.05) is 41.3 Å². The average Bonchev–Trinajstić information content (AvgIpc) is 2.34. The van der Waals surface area contributed by atoms with Crippen molar-refractivity contribution in [1.29, 1.82) is 0 Å². The lowest BCUT2D eigenvalue weighted by Gasteiger charge is -2.31. The number of hydrogen-bond donors (Lipinski definition) is 1. The first-order chi connectivity index (χ1) is 8.06. The monoisotopic (exact) mass is 241 g/mol. The Labute approximate surface area is 103 Å². The summed E-state index contributed by atoms with van der Waals surface area (Å²) in [6.45, 7) is 1.72. The summed E-state index contributed by atoms with van der Waals surface area (Å²) < 4.78 is 5.20. The van der Waals surface area contributed by atoms with Gasteiger partial charge < -0.3 is 14.7 Å². The molecule has 0 aromatic heterocycles. The van der Waals surface area contributed by atoms with Gasteiger partial charge in [0.1, 0.15) is 6.23 Å². The number of aliphatic hydroxyl groups is 1. The zero-order valence-electron chi connectivity index (χ0n) is 11.1. The normalized spacial score (nSPS) is 21.8. The van der Waals surface area contributed by atoms with Gasteiger partial charge in [0, 0.05) is 19.3 Å². The molecule has 1 aliphatic heterocycles. The molecular weight excluding hydrogens is 218 g/mol. The number of nitrogens with zero attached hydrogens (tertiary/aromatic N) is 3. The van der Waals surface area contributed by atoms with Crippen molar-refractivity contribution < 1.29 is 9.84 Å². The van der Waals surface area contributed by atoms with E-state index in [2.05, 4.69) is 9.89 Å². The number of ether oxygens (including phenoxy) is 1. The maximum Gasteiger partial charge on any atom is 0.195 e. The molecule has 0 aromatic rings. The van der Waals surface area contributed by atoms with E-state index in [-0.39, 0.29) is 5.92 Å². The van der Waals surface area contributed by atoms with Crippen LogP contribution in [0.2, 0.25) is 0 Å². The van der Waals surface area contributed by atoms with Gasteiger partial charge in [0.2, 0.25) is 0 Å². The molecular formula is C12H23N3O2. The van der Waals surface area contributed by atoms with Crippen LogP contribution in [-0.2, 0) is 4.74 Å². The molecule has 1 rings (SSSR count). The molecule has 0 saturated heterocycles. The van der Waals surface area contributed by atoms with Crippen molar-refractivity contribution in [3.8, 4) is 0 Å². The van der Waals surface area contributed by atoms with Crippen molar-refractivity contribution >= 4 is 5.90 Å². The van der Waals surface area contributed by atoms with E-state index in [1.54, 1.807) is 13.3 Å². The van der Waals surface area contributed by atoms with Crippen LogP contribution in [0.4, 0.5) is 0 Å². The highest BCUT2D eigenvalue weighted by Crippen LogP contribution is 2.19. The number of aliphatic imine (C=N–C) groups is 1. The van der Waals surface area contributed by atoms with Crippen LogP contribution in [0, 0.1) is 5.92 Å². The first-order valence-electron chi connectivity index (χ1n) is 5.86. The highest BCUT2D eigenvalue weighted by molar-refractivity contribution is 5.80. The molecule has 98 valence electrons. The maximum atomic E-state index is 10.3. The maximum absolute atomic E-state index is 10.3. The zero-order chi connectivity index (χ0) is 12.8. The highest BCUT2D eigenvalue weighted by Gasteiger charge is 2.28. The third-order valence-corrected chi connectivity index (χ3v) is 2.93. The molecule has 0 amide bonds. The summed E-state index contributed by atoms with van der Waals surface area (Å²) >= 11 is 0. The van der Waals surface area contributed by atoms with Crippen molar-refractivity contribution in [2.24, 2.45) is 10.9 Å². The second kappa shape index (κ2) is 6.74. The Morgan fingerprint density at radius 1 is 1.47 bits per heavy atom. The molecule has 0 spiro atoms. The summed E-state index contributed by atoms with van der Waals surface area (Å²) in [5, 5.41) is 10.3. The van der Waals surface area contributed by atoms with Gasteiger partial charge in [-0.15, -0.1) is 0 Å². The molecule has 17 heavy (non-hydrogen) atoms. The second-order valence-corrected chi connectivity index (χ2v) is 4.60. The lowest BCUT2D eigenvalue weighted by atomic mass is 10.0. The van der Waals surface area contributed by atoms with Crippen LogP contribution >= 0.6 is 0 Å². The molecule has 0 bridgehead atoms. The van der Waals surface area contributed by atoms with Gasteiger partial charge in [-0.2, -0.15) is 0 Å². The standard InChI is InChI=1S/C12H23N3O2/c1-14(2)8-9-15(3)12(16)10-6-5-7-13-11(10)17-4/h5,7,10,12,16H,6,8-9H2,1-4H3. The van der Waals surface area contributed by atoms with Crippen molar-refractivity contribution in [3.05, 3.63) is 12.3 Å². The number of aliphatic hydroxyl groups excluding tert-OH is 1. The smallest absolute Gasteiger partial charge is 0.195 e. The molecule has 0 saturated carbocycles. The first kappa shape index (κ1) is 14.2. The van der Waals surface area contributed by atoms with Gasteiger partial charge in [-0.3, -0.25) is 4.90 Å². The van der Waals surface area contributed by atoms with Crippen LogP contribution in [0.15, 0.2) is 17.3 Å². The van der Waals surface area contributed by atoms with Crippen molar-refractivity contribution in [1.82, 2.24) is 9.80 Å². The third-order valence-electron chi connectivity index (χ3n) is 2.93. The van der Waals surface area contributed by atoms with Crippen LogP contribution < -0.4 is 0 Å². The lowest BCUT2D eigenvalue weighted by Crippen LogP contribution is -2.44. The number of likely N-dealkylation sites (N-methyl/N-ethyl adjacent to an activating group) is 2. The summed E-state index contributed by atoms with van der Waals surface area (Å²) in [5.74, 6) is 0.536. The highest BCUT2D eigenvalue weighted by atomic mass is 16.5. The molecule has 2 unspecified atom stereocenters. The summed E-state index contributed by atoms with van der Waals surface area (Å²) in [5.41, 5.74) is 0. The predicted octanol–water partition coefficient (Wildman–Crippen LogP) is 0.377. The number of rotatable bonds is 5. The van der Waals surface area contributed by atoms with Gasteiger partial charge in [-0.25, -0.2) is 4.99 Å². The summed E-state index contributed by atoms with van der Waals surface area (Å²) in [6, 6.07) is 0. The molecule has 0 aromatic carbocycles. The quantitative estimate of drug-likeness (QED) is 0.707. The largest absolute Gasteiger partial charge is 0.484 e. The predicted molar refractivity (Wildman–Crippen MR) is 68.9 cm³/mol. The Hall–Kier alpha value is -0.910. The van der Waals surface area contributed by atoms with Crippen LogP contribution in [0.25, 0.3) is 0 Å². The fraction of sp³-hybridized carbons (Fsp3) is 0.750. The molecule has 2 atom stereocenters. The summed E-state index contributed by atoms with van der Waals surface area (Å²) in [4.78, 5) is 8.17. The molecule has 1 heterocycles. The fourth-order valence-electron chi connectivity index (χ4n) is 1.78. The van der Waals surface area contributed by atoms with Crippen molar-refractivity contribution in [3.63, 3.8) is 0 Å². The first-order valence-corrected chi connectivity index (χ1v) is 5.86. The van der Waals surface area contributed by atoms with Gasteiger partial charge in [0.15, 0.2) is 5.90 Å². The number of methoxy groups -OCH3 is 1. The van der Waals surface area contributed by atoms with Gasteiger partial charge in [0.05, 0.1) is 13.0 Å². The molecule has 5 heteroatoms. The molecule has 5 nitrogen and oxygen atoms in total.